The summed E-state index contributed by atoms with van der Waals surface area (Å²) in [5, 5.41) is 3.47. The maximum absolute atomic E-state index is 12.2. The number of rotatable bonds is 8. The molecule has 1 aliphatic rings. The van der Waals surface area contributed by atoms with Crippen molar-refractivity contribution in [3.63, 3.8) is 0 Å². The highest BCUT2D eigenvalue weighted by atomic mass is 32.2. The predicted molar refractivity (Wildman–Crippen MR) is 98.1 cm³/mol. The first-order valence-electron chi connectivity index (χ1n) is 8.13. The maximum Gasteiger partial charge on any atom is 0.228 e. The summed E-state index contributed by atoms with van der Waals surface area (Å²) in [6.07, 6.45) is 2.53. The highest BCUT2D eigenvalue weighted by molar-refractivity contribution is 8.00. The van der Waals surface area contributed by atoms with Crippen molar-refractivity contribution < 1.29 is 4.79 Å². The van der Waals surface area contributed by atoms with Crippen molar-refractivity contribution in [2.24, 2.45) is 5.41 Å². The second kappa shape index (κ2) is 8.21. The van der Waals surface area contributed by atoms with Crippen LogP contribution in [0.3, 0.4) is 0 Å². The van der Waals surface area contributed by atoms with Crippen LogP contribution in [-0.2, 0) is 4.79 Å². The van der Waals surface area contributed by atoms with Crippen molar-refractivity contribution in [2.75, 3.05) is 19.3 Å². The summed E-state index contributed by atoms with van der Waals surface area (Å²) in [5.74, 6) is 1.23. The van der Waals surface area contributed by atoms with Crippen molar-refractivity contribution in [3.05, 3.63) is 24.4 Å². The van der Waals surface area contributed by atoms with E-state index >= 15 is 0 Å². The number of hydrogen-bond donors (Lipinski definition) is 1. The lowest BCUT2D eigenvalue weighted by molar-refractivity contribution is -0.126. The maximum atomic E-state index is 12.2. The van der Waals surface area contributed by atoms with E-state index in [-0.39, 0.29) is 16.6 Å². The minimum atomic E-state index is 0.147. The van der Waals surface area contributed by atoms with Crippen LogP contribution in [0.5, 0.6) is 0 Å². The zero-order chi connectivity index (χ0) is 16.9. The minimum Gasteiger partial charge on any atom is -0.316 e. The molecule has 1 aliphatic heterocycles. The smallest absolute Gasteiger partial charge is 0.228 e. The molecule has 0 bridgehead atoms. The Kier molecular flexibility index (Phi) is 7.20. The molecule has 1 fully saturated rings. The number of nitrogens with zero attached hydrogens (tertiary/aromatic N) is 1. The first kappa shape index (κ1) is 19.3. The molecular formula is C18H32N2OS. The molecule has 1 heterocycles. The quantitative estimate of drug-likeness (QED) is 0.689. The number of allylic oxidation sites excluding steroid dienone is 1. The molecule has 0 aromatic rings. The number of amides is 1. The van der Waals surface area contributed by atoms with E-state index in [0.29, 0.717) is 12.5 Å². The Bertz CT molecular complexity index is 425. The normalized spacial score (nSPS) is 20.6. The molecule has 1 amide bonds. The Balaban J connectivity index is 2.43. The Labute approximate surface area is 140 Å². The summed E-state index contributed by atoms with van der Waals surface area (Å²) in [7, 11) is 1.97. The Morgan fingerprint density at radius 1 is 1.50 bits per heavy atom. The zero-order valence-electron chi connectivity index (χ0n) is 14.9. The lowest BCUT2D eigenvalue weighted by Crippen LogP contribution is -2.26. The largest absolute Gasteiger partial charge is 0.316 e. The Morgan fingerprint density at radius 3 is 2.68 bits per heavy atom. The first-order chi connectivity index (χ1) is 10.2. The summed E-state index contributed by atoms with van der Waals surface area (Å²) < 4.78 is 0. The molecule has 2 atom stereocenters. The molecule has 22 heavy (non-hydrogen) atoms. The molecule has 0 aromatic carbocycles. The Hall–Kier alpha value is -0.740. The van der Waals surface area contributed by atoms with Gasteiger partial charge >= 0.3 is 0 Å². The van der Waals surface area contributed by atoms with Crippen LogP contribution in [0, 0.1) is 5.41 Å². The number of nitrogens with one attached hydrogen (secondary N) is 1. The van der Waals surface area contributed by atoms with Gasteiger partial charge in [0.05, 0.1) is 5.25 Å². The fourth-order valence-corrected chi connectivity index (χ4v) is 3.58. The third-order valence-electron chi connectivity index (χ3n) is 4.34. The van der Waals surface area contributed by atoms with E-state index in [0.717, 1.165) is 30.8 Å². The van der Waals surface area contributed by atoms with Gasteiger partial charge in [0.25, 0.3) is 0 Å². The molecule has 3 nitrogen and oxygen atoms in total. The molecule has 4 heteroatoms. The highest BCUT2D eigenvalue weighted by Crippen LogP contribution is 2.33. The van der Waals surface area contributed by atoms with Crippen molar-refractivity contribution in [3.8, 4) is 0 Å². The molecule has 0 spiro atoms. The lowest BCUT2D eigenvalue weighted by Gasteiger charge is -2.24. The third-order valence-corrected chi connectivity index (χ3v) is 5.87. The van der Waals surface area contributed by atoms with Crippen molar-refractivity contribution >= 4 is 17.7 Å². The van der Waals surface area contributed by atoms with Gasteiger partial charge in [-0.3, -0.25) is 4.79 Å². The number of thioether (sulfide) groups is 1. The van der Waals surface area contributed by atoms with Crippen molar-refractivity contribution in [1.82, 2.24) is 10.2 Å². The van der Waals surface area contributed by atoms with Crippen LogP contribution in [0.1, 0.15) is 47.0 Å². The number of hydrogen-bond acceptors (Lipinski definition) is 3. The lowest BCUT2D eigenvalue weighted by atomic mass is 9.85. The van der Waals surface area contributed by atoms with Crippen LogP contribution in [0.15, 0.2) is 24.4 Å². The summed E-state index contributed by atoms with van der Waals surface area (Å²) >= 11 is 1.83. The van der Waals surface area contributed by atoms with Crippen LogP contribution >= 0.6 is 11.8 Å². The molecule has 0 aliphatic carbocycles. The molecule has 126 valence electrons. The van der Waals surface area contributed by atoms with Crippen LogP contribution in [-0.4, -0.2) is 41.4 Å². The molecule has 1 saturated heterocycles. The minimum absolute atomic E-state index is 0.147. The molecule has 0 radical (unpaired) electrons. The number of likely N-dealkylation sites (tertiary alicyclic amines) is 1. The molecule has 0 aromatic heterocycles. The summed E-state index contributed by atoms with van der Waals surface area (Å²) in [6, 6.07) is 0.456. The molecule has 1 N–H and O–H groups in total. The van der Waals surface area contributed by atoms with Gasteiger partial charge in [-0.15, -0.1) is 0 Å². The van der Waals surface area contributed by atoms with Crippen LogP contribution in [0.25, 0.3) is 0 Å². The predicted octanol–water partition coefficient (Wildman–Crippen LogP) is 3.82. The second-order valence-corrected chi connectivity index (χ2v) is 8.45. The van der Waals surface area contributed by atoms with Gasteiger partial charge in [-0.2, -0.15) is 11.8 Å². The topological polar surface area (TPSA) is 32.3 Å². The van der Waals surface area contributed by atoms with Gasteiger partial charge in [-0.1, -0.05) is 39.5 Å². The van der Waals surface area contributed by atoms with Crippen LogP contribution in [0.4, 0.5) is 0 Å². The van der Waals surface area contributed by atoms with E-state index in [4.69, 9.17) is 0 Å². The van der Waals surface area contributed by atoms with E-state index in [1.54, 1.807) is 0 Å². The second-order valence-electron chi connectivity index (χ2n) is 7.21. The SMILES string of the molecule is C=C1C(SCC(C)NC)CC(=O)N1CCCC(=C)C(C)(C)C. The Morgan fingerprint density at radius 2 is 2.14 bits per heavy atom. The zero-order valence-corrected chi connectivity index (χ0v) is 15.7. The fourth-order valence-electron chi connectivity index (χ4n) is 2.31. The standard InChI is InChI=1S/C18H32N2OS/c1-13(18(4,5)6)9-8-10-20-15(3)16(11-17(20)21)22-12-14(2)19-7/h14,16,19H,1,3,8-12H2,2,4-7H3. The van der Waals surface area contributed by atoms with Crippen molar-refractivity contribution in [2.45, 2.75) is 58.2 Å². The molecule has 2 unspecified atom stereocenters. The summed E-state index contributed by atoms with van der Waals surface area (Å²) in [6.45, 7) is 17.8. The summed E-state index contributed by atoms with van der Waals surface area (Å²) in [5.41, 5.74) is 2.38. The third kappa shape index (κ3) is 5.47. The van der Waals surface area contributed by atoms with Crippen molar-refractivity contribution in [1.29, 1.82) is 0 Å². The van der Waals surface area contributed by atoms with E-state index in [1.807, 2.05) is 23.7 Å². The van der Waals surface area contributed by atoms with Gasteiger partial charge in [-0.05, 0) is 32.2 Å². The van der Waals surface area contributed by atoms with E-state index < -0.39 is 0 Å². The molecular weight excluding hydrogens is 292 g/mol. The van der Waals surface area contributed by atoms with E-state index in [9.17, 15) is 4.79 Å². The van der Waals surface area contributed by atoms with Crippen LogP contribution in [0.2, 0.25) is 0 Å². The van der Waals surface area contributed by atoms with Gasteiger partial charge in [0, 0.05) is 30.5 Å². The monoisotopic (exact) mass is 324 g/mol. The van der Waals surface area contributed by atoms with Crippen LogP contribution < -0.4 is 5.32 Å². The molecule has 1 rings (SSSR count). The van der Waals surface area contributed by atoms with Gasteiger partial charge < -0.3 is 10.2 Å². The van der Waals surface area contributed by atoms with Gasteiger partial charge in [-0.25, -0.2) is 0 Å². The van der Waals surface area contributed by atoms with Gasteiger partial charge in [0.15, 0.2) is 0 Å². The first-order valence-corrected chi connectivity index (χ1v) is 9.18. The average Bonchev–Trinajstić information content (AvgIpc) is 2.70. The van der Waals surface area contributed by atoms with E-state index in [2.05, 4.69) is 46.2 Å². The molecule has 0 saturated carbocycles. The highest BCUT2D eigenvalue weighted by Gasteiger charge is 2.33. The van der Waals surface area contributed by atoms with Gasteiger partial charge in [0.1, 0.15) is 0 Å². The summed E-state index contributed by atoms with van der Waals surface area (Å²) in [4.78, 5) is 14.1. The van der Waals surface area contributed by atoms with E-state index in [1.165, 1.54) is 5.57 Å². The number of carbonyl (C=O) groups excluding carboxylic acids is 1. The fraction of sp³-hybridized carbons (Fsp3) is 0.722. The number of carbonyl (C=O) groups is 1. The average molecular weight is 325 g/mol. The van der Waals surface area contributed by atoms with Gasteiger partial charge in [0.2, 0.25) is 5.91 Å².